The highest BCUT2D eigenvalue weighted by Gasteiger charge is 2.23. The number of anilines is 1. The highest BCUT2D eigenvalue weighted by atomic mass is 16.5. The van der Waals surface area contributed by atoms with Gasteiger partial charge in [0.2, 0.25) is 0 Å². The fourth-order valence-electron chi connectivity index (χ4n) is 3.98. The number of ether oxygens (including phenoxy) is 1. The van der Waals surface area contributed by atoms with Crippen LogP contribution < -0.4 is 10.5 Å². The van der Waals surface area contributed by atoms with Crippen molar-refractivity contribution in [2.24, 2.45) is 5.92 Å². The van der Waals surface area contributed by atoms with Crippen molar-refractivity contribution in [3.05, 3.63) is 59.0 Å². The van der Waals surface area contributed by atoms with Crippen molar-refractivity contribution in [2.75, 3.05) is 25.1 Å². The third-order valence-electron chi connectivity index (χ3n) is 5.54. The Kier molecular flexibility index (Phi) is 5.16. The van der Waals surface area contributed by atoms with Crippen LogP contribution in [-0.2, 0) is 17.9 Å². The average molecular weight is 421 g/mol. The van der Waals surface area contributed by atoms with E-state index in [4.69, 9.17) is 4.74 Å². The number of fused-ring (bicyclic) bond motifs is 1. The first-order chi connectivity index (χ1) is 15.2. The molecule has 5 heterocycles. The summed E-state index contributed by atoms with van der Waals surface area (Å²) in [7, 11) is 1.65. The Labute approximate surface area is 177 Å². The topological polar surface area (TPSA) is 108 Å². The van der Waals surface area contributed by atoms with E-state index < -0.39 is 0 Å². The Bertz CT molecular complexity index is 1220. The zero-order chi connectivity index (χ0) is 21.2. The summed E-state index contributed by atoms with van der Waals surface area (Å²) < 4.78 is 10.2. The van der Waals surface area contributed by atoms with Crippen LogP contribution in [0.4, 0.5) is 5.82 Å². The molecule has 0 bridgehead atoms. The molecule has 0 aliphatic carbocycles. The maximum absolute atomic E-state index is 12.3. The van der Waals surface area contributed by atoms with Crippen molar-refractivity contribution < 1.29 is 4.74 Å². The lowest BCUT2D eigenvalue weighted by molar-refractivity contribution is 0.181. The lowest BCUT2D eigenvalue weighted by atomic mass is 9.97. The Balaban J connectivity index is 1.31. The maximum atomic E-state index is 12.3. The van der Waals surface area contributed by atoms with Gasteiger partial charge >= 0.3 is 0 Å². The van der Waals surface area contributed by atoms with Crippen LogP contribution in [0.2, 0.25) is 0 Å². The maximum Gasteiger partial charge on any atom is 0.266 e. The van der Waals surface area contributed by atoms with Crippen molar-refractivity contribution in [3.8, 4) is 5.82 Å². The van der Waals surface area contributed by atoms with Crippen LogP contribution in [0.25, 0.3) is 11.6 Å². The molecule has 0 amide bonds. The highest BCUT2D eigenvalue weighted by Crippen LogP contribution is 2.25. The van der Waals surface area contributed by atoms with Gasteiger partial charge < -0.3 is 9.64 Å². The molecule has 0 unspecified atom stereocenters. The van der Waals surface area contributed by atoms with Gasteiger partial charge in [-0.1, -0.05) is 0 Å². The Morgan fingerprint density at radius 3 is 2.84 bits per heavy atom. The summed E-state index contributed by atoms with van der Waals surface area (Å²) in [6, 6.07) is 7.08. The summed E-state index contributed by atoms with van der Waals surface area (Å²) in [5.41, 5.74) is 0.729. The molecule has 0 atom stereocenters. The van der Waals surface area contributed by atoms with E-state index in [2.05, 4.69) is 30.2 Å². The third-order valence-corrected chi connectivity index (χ3v) is 5.54. The molecule has 31 heavy (non-hydrogen) atoms. The second-order valence-corrected chi connectivity index (χ2v) is 7.60. The molecule has 0 N–H and O–H groups in total. The summed E-state index contributed by atoms with van der Waals surface area (Å²) in [5.74, 6) is 2.53. The van der Waals surface area contributed by atoms with E-state index in [0.29, 0.717) is 30.7 Å². The second-order valence-electron chi connectivity index (χ2n) is 7.60. The van der Waals surface area contributed by atoms with Gasteiger partial charge in [0, 0.05) is 51.3 Å². The summed E-state index contributed by atoms with van der Waals surface area (Å²) in [5, 5.41) is 13.0. The number of aromatic nitrogens is 8. The Hall–Kier alpha value is -3.60. The van der Waals surface area contributed by atoms with E-state index in [1.807, 2.05) is 18.3 Å². The molecule has 11 heteroatoms. The number of methoxy groups -OCH3 is 1. The van der Waals surface area contributed by atoms with Crippen molar-refractivity contribution in [3.63, 3.8) is 0 Å². The van der Waals surface area contributed by atoms with Crippen molar-refractivity contribution >= 4 is 11.6 Å². The van der Waals surface area contributed by atoms with Gasteiger partial charge in [0.25, 0.3) is 11.3 Å². The lowest BCUT2D eigenvalue weighted by Gasteiger charge is -2.33. The summed E-state index contributed by atoms with van der Waals surface area (Å²) in [6.07, 6.45) is 6.90. The summed E-state index contributed by atoms with van der Waals surface area (Å²) in [6.45, 7) is 2.72. The van der Waals surface area contributed by atoms with Crippen LogP contribution in [0, 0.1) is 5.92 Å². The van der Waals surface area contributed by atoms with Gasteiger partial charge in [-0.25, -0.2) is 14.3 Å². The van der Waals surface area contributed by atoms with Gasteiger partial charge in [0.15, 0.2) is 5.82 Å². The normalized spacial score (nSPS) is 15.1. The number of rotatable bonds is 6. The van der Waals surface area contributed by atoms with E-state index in [1.54, 1.807) is 39.3 Å². The number of piperidine rings is 1. The molecule has 11 nitrogen and oxygen atoms in total. The highest BCUT2D eigenvalue weighted by molar-refractivity contribution is 5.47. The van der Waals surface area contributed by atoms with Crippen LogP contribution in [0.5, 0.6) is 0 Å². The minimum Gasteiger partial charge on any atom is -0.378 e. The second kappa shape index (κ2) is 8.26. The molecule has 5 rings (SSSR count). The third kappa shape index (κ3) is 3.91. The van der Waals surface area contributed by atoms with E-state index in [-0.39, 0.29) is 5.56 Å². The zero-order valence-corrected chi connectivity index (χ0v) is 17.2. The molecular formula is C20H23N9O2. The van der Waals surface area contributed by atoms with E-state index in [0.717, 1.165) is 37.4 Å². The lowest BCUT2D eigenvalue weighted by Crippen LogP contribution is -2.38. The molecule has 1 fully saturated rings. The molecule has 1 saturated heterocycles. The molecule has 4 aromatic heterocycles. The SMILES string of the molecule is COCc1cc(N2CCC(Cn3nc(-n4cccn4)ccc3=O)CC2)n2ncnc2n1. The van der Waals surface area contributed by atoms with Crippen molar-refractivity contribution in [2.45, 2.75) is 26.0 Å². The van der Waals surface area contributed by atoms with Crippen LogP contribution in [0.15, 0.2) is 47.8 Å². The monoisotopic (exact) mass is 421 g/mol. The number of nitrogens with zero attached hydrogens (tertiary/aromatic N) is 9. The minimum absolute atomic E-state index is 0.0963. The smallest absolute Gasteiger partial charge is 0.266 e. The summed E-state index contributed by atoms with van der Waals surface area (Å²) >= 11 is 0. The first-order valence-corrected chi connectivity index (χ1v) is 10.2. The Morgan fingerprint density at radius 2 is 2.06 bits per heavy atom. The van der Waals surface area contributed by atoms with Crippen molar-refractivity contribution in [1.82, 2.24) is 39.1 Å². The first kappa shape index (κ1) is 19.4. The predicted molar refractivity (Wildman–Crippen MR) is 112 cm³/mol. The summed E-state index contributed by atoms with van der Waals surface area (Å²) in [4.78, 5) is 23.3. The molecule has 0 saturated carbocycles. The quantitative estimate of drug-likeness (QED) is 0.452. The molecular weight excluding hydrogens is 398 g/mol. The standard InChI is InChI=1S/C20H23N9O2/c1-31-13-16-11-18(29-20(24-16)21-14-23-29)26-9-5-15(6-10-26)12-28-19(30)4-3-17(25-28)27-8-2-7-22-27/h2-4,7-8,11,14-15H,5-6,9-10,12-13H2,1H3. The molecule has 1 aliphatic heterocycles. The molecule has 1 aliphatic rings. The molecule has 160 valence electrons. The minimum atomic E-state index is -0.0963. The van der Waals surface area contributed by atoms with Gasteiger partial charge in [0.1, 0.15) is 12.1 Å². The number of hydrogen-bond donors (Lipinski definition) is 0. The van der Waals surface area contributed by atoms with Crippen LogP contribution in [0.1, 0.15) is 18.5 Å². The van der Waals surface area contributed by atoms with Gasteiger partial charge in [-0.2, -0.15) is 19.7 Å². The van der Waals surface area contributed by atoms with Gasteiger partial charge in [-0.05, 0) is 30.9 Å². The van der Waals surface area contributed by atoms with Gasteiger partial charge in [0.05, 0.1) is 12.3 Å². The van der Waals surface area contributed by atoms with E-state index >= 15 is 0 Å². The average Bonchev–Trinajstić information content (AvgIpc) is 3.48. The Morgan fingerprint density at radius 1 is 1.19 bits per heavy atom. The van der Waals surface area contributed by atoms with Crippen LogP contribution >= 0.6 is 0 Å². The van der Waals surface area contributed by atoms with Crippen molar-refractivity contribution in [1.29, 1.82) is 0 Å². The fourth-order valence-corrected chi connectivity index (χ4v) is 3.98. The zero-order valence-electron chi connectivity index (χ0n) is 17.2. The van der Waals surface area contributed by atoms with E-state index in [1.165, 1.54) is 6.33 Å². The molecule has 0 radical (unpaired) electrons. The largest absolute Gasteiger partial charge is 0.378 e. The predicted octanol–water partition coefficient (Wildman–Crippen LogP) is 0.930. The van der Waals surface area contributed by atoms with Gasteiger partial charge in [-0.3, -0.25) is 4.79 Å². The molecule has 0 aromatic carbocycles. The van der Waals surface area contributed by atoms with Crippen LogP contribution in [0.3, 0.4) is 0 Å². The van der Waals surface area contributed by atoms with E-state index in [9.17, 15) is 4.79 Å². The molecule has 4 aromatic rings. The van der Waals surface area contributed by atoms with Gasteiger partial charge in [-0.15, -0.1) is 5.10 Å². The molecule has 0 spiro atoms. The number of hydrogen-bond acceptors (Lipinski definition) is 8. The first-order valence-electron chi connectivity index (χ1n) is 10.2. The van der Waals surface area contributed by atoms with Crippen LogP contribution in [-0.4, -0.2) is 59.3 Å². The fraction of sp³-hybridized carbons (Fsp3) is 0.400.